The molecule has 0 radical (unpaired) electrons. The Balaban J connectivity index is 2.12. The van der Waals surface area contributed by atoms with Crippen molar-refractivity contribution >= 4 is 39.4 Å². The number of thiazole rings is 1. The summed E-state index contributed by atoms with van der Waals surface area (Å²) >= 11 is -0.993. The summed E-state index contributed by atoms with van der Waals surface area (Å²) in [4.78, 5) is 30.8. The highest BCUT2D eigenvalue weighted by atomic mass is 32.2. The normalized spacial score (nSPS) is 14.7. The number of nitrogens with one attached hydrogen (secondary N) is 1. The molecule has 1 aliphatic heterocycles. The third kappa shape index (κ3) is 3.29. The summed E-state index contributed by atoms with van der Waals surface area (Å²) < 4.78 is 21.6. The van der Waals surface area contributed by atoms with E-state index in [1.165, 1.54) is 18.3 Å². The quantitative estimate of drug-likeness (QED) is 0.778. The van der Waals surface area contributed by atoms with Crippen molar-refractivity contribution in [2.24, 2.45) is 0 Å². The van der Waals surface area contributed by atoms with Crippen molar-refractivity contribution in [1.82, 2.24) is 9.88 Å². The van der Waals surface area contributed by atoms with E-state index in [2.05, 4.69) is 10.3 Å². The second-order valence-electron chi connectivity index (χ2n) is 6.40. The lowest BCUT2D eigenvalue weighted by molar-refractivity contribution is -0.114. The number of aryl methyl sites for hydroxylation is 1. The van der Waals surface area contributed by atoms with Gasteiger partial charge in [0.05, 0.1) is 21.0 Å². The average Bonchev–Trinajstić information content (AvgIpc) is 3.06. The van der Waals surface area contributed by atoms with Crippen LogP contribution in [0.3, 0.4) is 0 Å². The minimum Gasteiger partial charge on any atom is -0.332 e. The number of nitrogens with zero attached hydrogens (tertiary/aromatic N) is 2. The lowest BCUT2D eigenvalue weighted by atomic mass is 10.0. The van der Waals surface area contributed by atoms with Crippen LogP contribution in [-0.2, 0) is 22.4 Å². The van der Waals surface area contributed by atoms with Crippen LogP contribution < -0.4 is 5.32 Å². The molecule has 0 aliphatic carbocycles. The molecule has 1 aromatic heterocycles. The monoisotopic (exact) mass is 393 g/mol. The van der Waals surface area contributed by atoms with Crippen LogP contribution in [0, 0.1) is 6.92 Å². The molecule has 9 heteroatoms. The maximum absolute atomic E-state index is 12.6. The zero-order valence-corrected chi connectivity index (χ0v) is 16.5. The Bertz CT molecular complexity index is 936. The maximum Gasteiger partial charge on any atom is 0.256 e. The van der Waals surface area contributed by atoms with Crippen LogP contribution in [0.1, 0.15) is 42.4 Å². The molecule has 3 rings (SSSR count). The molecule has 2 aromatic rings. The first-order valence-electron chi connectivity index (χ1n) is 8.03. The van der Waals surface area contributed by atoms with Gasteiger partial charge < -0.3 is 14.8 Å². The van der Waals surface area contributed by atoms with Crippen molar-refractivity contribution in [3.63, 3.8) is 0 Å². The van der Waals surface area contributed by atoms with Crippen LogP contribution in [0.4, 0.5) is 5.13 Å². The van der Waals surface area contributed by atoms with E-state index in [0.29, 0.717) is 28.5 Å². The van der Waals surface area contributed by atoms with Crippen molar-refractivity contribution < 1.29 is 18.4 Å². The van der Waals surface area contributed by atoms with Crippen molar-refractivity contribution in [2.45, 2.75) is 45.2 Å². The fourth-order valence-corrected chi connectivity index (χ4v) is 4.61. The number of benzene rings is 1. The van der Waals surface area contributed by atoms with E-state index in [1.807, 2.05) is 26.8 Å². The molecule has 26 heavy (non-hydrogen) atoms. The largest absolute Gasteiger partial charge is 0.332 e. The SMILES string of the molecule is CC(=O)Nc1nc(C)c(-c2cc3c(c(S(=O)O)c2)C(=O)N(C(C)C)C3)s1. The molecular weight excluding hydrogens is 374 g/mol. The van der Waals surface area contributed by atoms with Gasteiger partial charge in [0.2, 0.25) is 5.91 Å². The third-order valence-electron chi connectivity index (χ3n) is 4.15. The third-order valence-corrected chi connectivity index (χ3v) is 5.97. The van der Waals surface area contributed by atoms with Gasteiger partial charge >= 0.3 is 0 Å². The first-order valence-corrected chi connectivity index (χ1v) is 9.95. The Hall–Kier alpha value is -2.10. The molecule has 0 spiro atoms. The van der Waals surface area contributed by atoms with Crippen LogP contribution in [0.5, 0.6) is 0 Å². The Morgan fingerprint density at radius 2 is 2.12 bits per heavy atom. The summed E-state index contributed by atoms with van der Waals surface area (Å²) in [7, 11) is 0. The fraction of sp³-hybridized carbons (Fsp3) is 0.353. The minimum absolute atomic E-state index is 0.00478. The first kappa shape index (κ1) is 18.7. The van der Waals surface area contributed by atoms with Gasteiger partial charge in [-0.15, -0.1) is 0 Å². The highest BCUT2D eigenvalue weighted by Gasteiger charge is 2.34. The molecule has 1 atom stereocenters. The van der Waals surface area contributed by atoms with Crippen LogP contribution >= 0.6 is 11.3 Å². The number of aromatic nitrogens is 1. The average molecular weight is 393 g/mol. The highest BCUT2D eigenvalue weighted by Crippen LogP contribution is 2.38. The zero-order valence-electron chi connectivity index (χ0n) is 14.8. The Kier molecular flexibility index (Phi) is 4.96. The number of rotatable bonds is 4. The van der Waals surface area contributed by atoms with E-state index in [1.54, 1.807) is 11.0 Å². The zero-order chi connectivity index (χ0) is 19.2. The fourth-order valence-electron chi connectivity index (χ4n) is 2.99. The second kappa shape index (κ2) is 6.90. The van der Waals surface area contributed by atoms with Crippen molar-refractivity contribution in [3.05, 3.63) is 29.0 Å². The lowest BCUT2D eigenvalue weighted by Gasteiger charge is -2.19. The molecule has 2 heterocycles. The number of hydrogen-bond acceptors (Lipinski definition) is 5. The van der Waals surface area contributed by atoms with Gasteiger partial charge in [0.1, 0.15) is 0 Å². The number of anilines is 1. The Morgan fingerprint density at radius 1 is 1.42 bits per heavy atom. The lowest BCUT2D eigenvalue weighted by Crippen LogP contribution is -2.31. The van der Waals surface area contributed by atoms with Crippen molar-refractivity contribution in [3.8, 4) is 10.4 Å². The van der Waals surface area contributed by atoms with E-state index in [4.69, 9.17) is 0 Å². The molecular formula is C17H19N3O4S2. The van der Waals surface area contributed by atoms with Crippen molar-refractivity contribution in [1.29, 1.82) is 0 Å². The molecule has 7 nitrogen and oxygen atoms in total. The van der Waals surface area contributed by atoms with E-state index >= 15 is 0 Å². The van der Waals surface area contributed by atoms with E-state index in [0.717, 1.165) is 10.4 Å². The molecule has 2 amide bonds. The van der Waals surface area contributed by atoms with Gasteiger partial charge in [-0.05, 0) is 44.0 Å². The maximum atomic E-state index is 12.6. The summed E-state index contributed by atoms with van der Waals surface area (Å²) in [6.07, 6.45) is 0. The van der Waals surface area contributed by atoms with Gasteiger partial charge in [-0.1, -0.05) is 11.3 Å². The minimum atomic E-state index is -2.29. The first-order chi connectivity index (χ1) is 12.2. The van der Waals surface area contributed by atoms with Gasteiger partial charge in [0.15, 0.2) is 16.2 Å². The van der Waals surface area contributed by atoms with Gasteiger partial charge in [-0.2, -0.15) is 0 Å². The van der Waals surface area contributed by atoms with Crippen LogP contribution in [0.25, 0.3) is 10.4 Å². The molecule has 1 unspecified atom stereocenters. The number of hydrogen-bond donors (Lipinski definition) is 2. The second-order valence-corrected chi connectivity index (χ2v) is 8.34. The summed E-state index contributed by atoms with van der Waals surface area (Å²) in [6.45, 7) is 7.44. The summed E-state index contributed by atoms with van der Waals surface area (Å²) in [5.74, 6) is -0.437. The van der Waals surface area contributed by atoms with Gasteiger partial charge in [-0.3, -0.25) is 9.59 Å². The van der Waals surface area contributed by atoms with E-state index in [9.17, 15) is 18.4 Å². The van der Waals surface area contributed by atoms with E-state index < -0.39 is 11.1 Å². The predicted molar refractivity (Wildman–Crippen MR) is 101 cm³/mol. The summed E-state index contributed by atoms with van der Waals surface area (Å²) in [5, 5.41) is 3.12. The molecule has 0 saturated carbocycles. The van der Waals surface area contributed by atoms with Gasteiger partial charge in [0.25, 0.3) is 5.91 Å². The molecule has 0 bridgehead atoms. The number of amides is 2. The molecule has 1 aromatic carbocycles. The summed E-state index contributed by atoms with van der Waals surface area (Å²) in [5.41, 5.74) is 2.46. The standard InChI is InChI=1S/C17H19N3O4S2/c1-8(2)20-7-12-5-11(6-13(26(23)24)14(12)16(20)22)15-9(3)18-17(25-15)19-10(4)21/h5-6,8H,7H2,1-4H3,(H,23,24)(H,18,19,21). The summed E-state index contributed by atoms with van der Waals surface area (Å²) in [6, 6.07) is 3.42. The van der Waals surface area contributed by atoms with Crippen LogP contribution in [-0.4, -0.2) is 36.5 Å². The molecule has 2 N–H and O–H groups in total. The predicted octanol–water partition coefficient (Wildman–Crippen LogP) is 3.02. The topological polar surface area (TPSA) is 99.6 Å². The Morgan fingerprint density at radius 3 is 2.69 bits per heavy atom. The van der Waals surface area contributed by atoms with E-state index in [-0.39, 0.29) is 22.8 Å². The van der Waals surface area contributed by atoms with Crippen molar-refractivity contribution in [2.75, 3.05) is 5.32 Å². The number of carbonyl (C=O) groups is 2. The molecule has 1 aliphatic rings. The number of carbonyl (C=O) groups excluding carboxylic acids is 2. The Labute approximate surface area is 157 Å². The van der Waals surface area contributed by atoms with Gasteiger partial charge in [-0.25, -0.2) is 9.19 Å². The van der Waals surface area contributed by atoms with Gasteiger partial charge in [0, 0.05) is 19.5 Å². The molecule has 138 valence electrons. The highest BCUT2D eigenvalue weighted by molar-refractivity contribution is 7.79. The van der Waals surface area contributed by atoms with Crippen LogP contribution in [0.15, 0.2) is 17.0 Å². The number of fused-ring (bicyclic) bond motifs is 1. The van der Waals surface area contributed by atoms with Crippen LogP contribution in [0.2, 0.25) is 0 Å². The smallest absolute Gasteiger partial charge is 0.256 e. The molecule has 0 saturated heterocycles. The molecule has 0 fully saturated rings.